The summed E-state index contributed by atoms with van der Waals surface area (Å²) >= 11 is 0. The van der Waals surface area contributed by atoms with Crippen LogP contribution in [0.25, 0.3) is 0 Å². The quantitative estimate of drug-likeness (QED) is 0.818. The van der Waals surface area contributed by atoms with Crippen LogP contribution in [0.2, 0.25) is 0 Å². The highest BCUT2D eigenvalue weighted by atomic mass is 16.5. The highest BCUT2D eigenvalue weighted by molar-refractivity contribution is 5.92. The molecule has 1 saturated heterocycles. The van der Waals surface area contributed by atoms with E-state index in [2.05, 4.69) is 28.6 Å². The summed E-state index contributed by atoms with van der Waals surface area (Å²) in [4.78, 5) is 14.7. The smallest absolute Gasteiger partial charge is 0.267 e. The number of morpholine rings is 1. The van der Waals surface area contributed by atoms with Crippen molar-refractivity contribution in [3.63, 3.8) is 0 Å². The third-order valence-corrected chi connectivity index (χ3v) is 4.38. The maximum absolute atomic E-state index is 12.2. The van der Waals surface area contributed by atoms with Gasteiger partial charge in [0.15, 0.2) is 0 Å². The third-order valence-electron chi connectivity index (χ3n) is 4.38. The van der Waals surface area contributed by atoms with Gasteiger partial charge in [0, 0.05) is 38.4 Å². The largest absolute Gasteiger partial charge is 0.373 e. The van der Waals surface area contributed by atoms with Crippen LogP contribution in [0.4, 0.5) is 0 Å². The Hall–Kier alpha value is -1.33. The van der Waals surface area contributed by atoms with Crippen LogP contribution in [0.1, 0.15) is 49.6 Å². The number of nitrogens with one attached hydrogen (secondary N) is 1. The maximum Gasteiger partial charge on any atom is 0.267 e. The van der Waals surface area contributed by atoms with Gasteiger partial charge in [-0.1, -0.05) is 0 Å². The van der Waals surface area contributed by atoms with Gasteiger partial charge in [0.05, 0.1) is 12.2 Å². The second-order valence-corrected chi connectivity index (χ2v) is 6.66. The first-order valence-electron chi connectivity index (χ1n) is 8.46. The van der Waals surface area contributed by atoms with E-state index < -0.39 is 0 Å². The monoisotopic (exact) mass is 305 g/mol. The molecule has 0 radical (unpaired) electrons. The summed E-state index contributed by atoms with van der Waals surface area (Å²) in [6.45, 7) is 7.97. The van der Waals surface area contributed by atoms with E-state index in [1.165, 1.54) is 12.8 Å². The van der Waals surface area contributed by atoms with Gasteiger partial charge in [0.2, 0.25) is 0 Å². The van der Waals surface area contributed by atoms with E-state index in [4.69, 9.17) is 4.74 Å². The number of carbonyl (C=O) groups is 1. The number of aromatic nitrogens is 1. The predicted molar refractivity (Wildman–Crippen MR) is 86.1 cm³/mol. The molecule has 2 heterocycles. The van der Waals surface area contributed by atoms with E-state index in [0.717, 1.165) is 38.3 Å². The molecule has 1 aromatic heterocycles. The number of ether oxygens (including phenoxy) is 1. The molecule has 1 saturated carbocycles. The zero-order chi connectivity index (χ0) is 15.5. The summed E-state index contributed by atoms with van der Waals surface area (Å²) < 4.78 is 7.85. The van der Waals surface area contributed by atoms with Crippen molar-refractivity contribution in [2.24, 2.45) is 0 Å². The second-order valence-electron chi connectivity index (χ2n) is 6.66. The molecule has 5 nitrogen and oxygen atoms in total. The van der Waals surface area contributed by atoms with Gasteiger partial charge in [0.25, 0.3) is 5.91 Å². The Morgan fingerprint density at radius 3 is 2.73 bits per heavy atom. The number of nitrogens with zero attached hydrogens (tertiary/aromatic N) is 2. The molecule has 1 amide bonds. The van der Waals surface area contributed by atoms with Crippen molar-refractivity contribution in [2.45, 2.75) is 51.4 Å². The van der Waals surface area contributed by atoms with Crippen LogP contribution in [0.5, 0.6) is 0 Å². The normalized spacial score (nSPS) is 26.1. The Morgan fingerprint density at radius 2 is 2.05 bits per heavy atom. The summed E-state index contributed by atoms with van der Waals surface area (Å²) in [6, 6.07) is 4.43. The first kappa shape index (κ1) is 15.6. The van der Waals surface area contributed by atoms with Crippen LogP contribution in [0.15, 0.2) is 18.3 Å². The van der Waals surface area contributed by atoms with Crippen LogP contribution in [0, 0.1) is 0 Å². The van der Waals surface area contributed by atoms with Crippen LogP contribution in [-0.4, -0.2) is 53.8 Å². The number of carbonyl (C=O) groups excluding carboxylic acids is 1. The molecule has 0 spiro atoms. The fourth-order valence-electron chi connectivity index (χ4n) is 3.32. The Balaban J connectivity index is 1.39. The van der Waals surface area contributed by atoms with Crippen LogP contribution < -0.4 is 5.32 Å². The van der Waals surface area contributed by atoms with Gasteiger partial charge in [-0.15, -0.1) is 0 Å². The SMILES string of the molecule is C[C@@H]1CN(CCCNC(=O)c2cccn2C2CC2)C[C@H](C)O1. The Morgan fingerprint density at radius 1 is 1.32 bits per heavy atom. The summed E-state index contributed by atoms with van der Waals surface area (Å²) in [6.07, 6.45) is 6.00. The first-order chi connectivity index (χ1) is 10.6. The zero-order valence-electron chi connectivity index (χ0n) is 13.6. The minimum atomic E-state index is 0.0561. The number of rotatable bonds is 6. The Kier molecular flexibility index (Phi) is 4.84. The molecule has 1 aromatic rings. The molecule has 0 unspecified atom stereocenters. The standard InChI is InChI=1S/C17H27N3O2/c1-13-11-19(12-14(2)22-13)9-4-8-18-17(21)16-5-3-10-20(16)15-6-7-15/h3,5,10,13-15H,4,6-9,11-12H2,1-2H3,(H,18,21)/t13-,14+. The molecule has 1 aliphatic heterocycles. The molecule has 22 heavy (non-hydrogen) atoms. The van der Waals surface area contributed by atoms with Gasteiger partial charge in [-0.05, 0) is 45.2 Å². The van der Waals surface area contributed by atoms with Crippen molar-refractivity contribution >= 4 is 5.91 Å². The average molecular weight is 305 g/mol. The molecule has 1 N–H and O–H groups in total. The lowest BCUT2D eigenvalue weighted by molar-refractivity contribution is -0.0679. The van der Waals surface area contributed by atoms with E-state index in [1.807, 2.05) is 18.3 Å². The molecular weight excluding hydrogens is 278 g/mol. The highest BCUT2D eigenvalue weighted by Crippen LogP contribution is 2.35. The fourth-order valence-corrected chi connectivity index (χ4v) is 3.32. The van der Waals surface area contributed by atoms with Gasteiger partial charge < -0.3 is 14.6 Å². The Bertz CT molecular complexity index is 500. The van der Waals surface area contributed by atoms with Gasteiger partial charge in [-0.2, -0.15) is 0 Å². The number of hydrogen-bond donors (Lipinski definition) is 1. The molecular formula is C17H27N3O2. The molecule has 0 aromatic carbocycles. The number of amides is 1. The fraction of sp³-hybridized carbons (Fsp3) is 0.706. The van der Waals surface area contributed by atoms with E-state index in [9.17, 15) is 4.79 Å². The number of hydrogen-bond acceptors (Lipinski definition) is 3. The zero-order valence-corrected chi connectivity index (χ0v) is 13.6. The molecule has 0 bridgehead atoms. The van der Waals surface area contributed by atoms with Crippen molar-refractivity contribution < 1.29 is 9.53 Å². The lowest BCUT2D eigenvalue weighted by Gasteiger charge is -2.35. The maximum atomic E-state index is 12.2. The van der Waals surface area contributed by atoms with Crippen molar-refractivity contribution in [1.29, 1.82) is 0 Å². The third kappa shape index (κ3) is 3.90. The van der Waals surface area contributed by atoms with Gasteiger partial charge in [0.1, 0.15) is 5.69 Å². The van der Waals surface area contributed by atoms with Gasteiger partial charge in [-0.25, -0.2) is 0 Å². The predicted octanol–water partition coefficient (Wildman–Crippen LogP) is 2.05. The van der Waals surface area contributed by atoms with Gasteiger partial charge >= 0.3 is 0 Å². The van der Waals surface area contributed by atoms with Crippen molar-refractivity contribution in [2.75, 3.05) is 26.2 Å². The summed E-state index contributed by atoms with van der Waals surface area (Å²) in [5.74, 6) is 0.0561. The minimum Gasteiger partial charge on any atom is -0.373 e. The van der Waals surface area contributed by atoms with E-state index in [0.29, 0.717) is 18.2 Å². The molecule has 2 aliphatic rings. The molecule has 1 aliphatic carbocycles. The Labute approximate surface area is 132 Å². The van der Waals surface area contributed by atoms with Crippen LogP contribution in [-0.2, 0) is 4.74 Å². The van der Waals surface area contributed by atoms with Crippen molar-refractivity contribution in [3.8, 4) is 0 Å². The summed E-state index contributed by atoms with van der Waals surface area (Å²) in [5, 5.41) is 3.05. The highest BCUT2D eigenvalue weighted by Gasteiger charge is 2.26. The van der Waals surface area contributed by atoms with Crippen LogP contribution in [0.3, 0.4) is 0 Å². The average Bonchev–Trinajstić information content (AvgIpc) is 3.19. The van der Waals surface area contributed by atoms with Crippen molar-refractivity contribution in [1.82, 2.24) is 14.8 Å². The first-order valence-corrected chi connectivity index (χ1v) is 8.46. The second kappa shape index (κ2) is 6.84. The molecule has 3 rings (SSSR count). The van der Waals surface area contributed by atoms with Crippen molar-refractivity contribution in [3.05, 3.63) is 24.0 Å². The topological polar surface area (TPSA) is 46.5 Å². The lowest BCUT2D eigenvalue weighted by Crippen LogP contribution is -2.46. The molecule has 2 atom stereocenters. The van der Waals surface area contributed by atoms with Gasteiger partial charge in [-0.3, -0.25) is 9.69 Å². The van der Waals surface area contributed by atoms with E-state index >= 15 is 0 Å². The van der Waals surface area contributed by atoms with E-state index in [1.54, 1.807) is 0 Å². The molecule has 122 valence electrons. The van der Waals surface area contributed by atoms with E-state index in [-0.39, 0.29) is 5.91 Å². The van der Waals surface area contributed by atoms with Crippen LogP contribution >= 0.6 is 0 Å². The lowest BCUT2D eigenvalue weighted by atomic mass is 10.2. The minimum absolute atomic E-state index is 0.0561. The molecule has 2 fully saturated rings. The summed E-state index contributed by atoms with van der Waals surface area (Å²) in [5.41, 5.74) is 0.802. The summed E-state index contributed by atoms with van der Waals surface area (Å²) in [7, 11) is 0. The molecule has 5 heteroatoms.